The fourth-order valence-corrected chi connectivity index (χ4v) is 1.92. The highest BCUT2D eigenvalue weighted by Gasteiger charge is 2.21. The largest absolute Gasteiger partial charge is 0.381 e. The molecule has 1 saturated heterocycles. The normalized spacial score (nSPS) is 18.1. The van der Waals surface area contributed by atoms with E-state index in [2.05, 4.69) is 5.32 Å². The second-order valence-corrected chi connectivity index (χ2v) is 4.02. The SMILES string of the molecule is CNCCCC(=O)N1CCC(OC)CC1. The average Bonchev–Trinajstić information content (AvgIpc) is 2.29. The minimum Gasteiger partial charge on any atom is -0.381 e. The van der Waals surface area contributed by atoms with Gasteiger partial charge in [-0.15, -0.1) is 0 Å². The predicted octanol–water partition coefficient (Wildman–Crippen LogP) is 0.623. The van der Waals surface area contributed by atoms with E-state index in [0.717, 1.165) is 38.9 Å². The minimum absolute atomic E-state index is 0.291. The molecule has 1 rings (SSSR count). The van der Waals surface area contributed by atoms with Crippen molar-refractivity contribution in [2.75, 3.05) is 33.8 Å². The topological polar surface area (TPSA) is 41.6 Å². The molecule has 0 unspecified atom stereocenters. The smallest absolute Gasteiger partial charge is 0.222 e. The van der Waals surface area contributed by atoms with Crippen LogP contribution in [0.3, 0.4) is 0 Å². The summed E-state index contributed by atoms with van der Waals surface area (Å²) in [5, 5.41) is 3.05. The summed E-state index contributed by atoms with van der Waals surface area (Å²) in [5.74, 6) is 0.291. The van der Waals surface area contributed by atoms with Gasteiger partial charge in [-0.3, -0.25) is 4.79 Å². The second-order valence-electron chi connectivity index (χ2n) is 4.02. The Kier molecular flexibility index (Phi) is 5.65. The van der Waals surface area contributed by atoms with Crippen molar-refractivity contribution in [2.24, 2.45) is 0 Å². The van der Waals surface area contributed by atoms with Crippen molar-refractivity contribution in [1.82, 2.24) is 10.2 Å². The maximum Gasteiger partial charge on any atom is 0.222 e. The third-order valence-corrected chi connectivity index (χ3v) is 2.95. The molecule has 15 heavy (non-hydrogen) atoms. The third kappa shape index (κ3) is 4.18. The molecule has 88 valence electrons. The van der Waals surface area contributed by atoms with Crippen molar-refractivity contribution < 1.29 is 9.53 Å². The maximum absolute atomic E-state index is 11.7. The Morgan fingerprint density at radius 3 is 2.67 bits per heavy atom. The van der Waals surface area contributed by atoms with E-state index in [0.29, 0.717) is 18.4 Å². The lowest BCUT2D eigenvalue weighted by atomic mass is 10.1. The molecule has 0 aromatic heterocycles. The van der Waals surface area contributed by atoms with Crippen molar-refractivity contribution in [3.63, 3.8) is 0 Å². The van der Waals surface area contributed by atoms with Crippen LogP contribution < -0.4 is 5.32 Å². The maximum atomic E-state index is 11.7. The van der Waals surface area contributed by atoms with Gasteiger partial charge in [0.25, 0.3) is 0 Å². The molecule has 1 amide bonds. The molecule has 0 aliphatic carbocycles. The molecule has 1 aliphatic heterocycles. The molecule has 1 fully saturated rings. The molecule has 0 spiro atoms. The minimum atomic E-state index is 0.291. The van der Waals surface area contributed by atoms with Crippen molar-refractivity contribution in [3.8, 4) is 0 Å². The summed E-state index contributed by atoms with van der Waals surface area (Å²) >= 11 is 0. The lowest BCUT2D eigenvalue weighted by Crippen LogP contribution is -2.40. The second kappa shape index (κ2) is 6.80. The van der Waals surface area contributed by atoms with Gasteiger partial charge in [0.05, 0.1) is 6.10 Å². The van der Waals surface area contributed by atoms with Crippen LogP contribution in [-0.2, 0) is 9.53 Å². The van der Waals surface area contributed by atoms with Crippen LogP contribution in [0.25, 0.3) is 0 Å². The summed E-state index contributed by atoms with van der Waals surface area (Å²) in [6.07, 6.45) is 3.91. The van der Waals surface area contributed by atoms with E-state index < -0.39 is 0 Å². The molecule has 4 nitrogen and oxygen atoms in total. The van der Waals surface area contributed by atoms with E-state index in [9.17, 15) is 4.79 Å². The van der Waals surface area contributed by atoms with Crippen LogP contribution >= 0.6 is 0 Å². The standard InChI is InChI=1S/C11H22N2O2/c1-12-7-3-4-11(14)13-8-5-10(15-2)6-9-13/h10,12H,3-9H2,1-2H3. The number of rotatable bonds is 5. The summed E-state index contributed by atoms with van der Waals surface area (Å²) < 4.78 is 5.27. The fourth-order valence-electron chi connectivity index (χ4n) is 1.92. The molecule has 1 aliphatic rings. The lowest BCUT2D eigenvalue weighted by molar-refractivity contribution is -0.133. The number of ether oxygens (including phenoxy) is 1. The molecule has 0 bridgehead atoms. The molecular weight excluding hydrogens is 192 g/mol. The summed E-state index contributed by atoms with van der Waals surface area (Å²) in [6.45, 7) is 2.63. The van der Waals surface area contributed by atoms with Gasteiger partial charge in [0, 0.05) is 26.6 Å². The molecule has 4 heteroatoms. The average molecular weight is 214 g/mol. The first-order valence-electron chi connectivity index (χ1n) is 5.73. The molecule has 0 aromatic carbocycles. The first kappa shape index (κ1) is 12.5. The van der Waals surface area contributed by atoms with E-state index >= 15 is 0 Å². The number of nitrogens with one attached hydrogen (secondary N) is 1. The van der Waals surface area contributed by atoms with Gasteiger partial charge in [-0.1, -0.05) is 0 Å². The van der Waals surface area contributed by atoms with Crippen LogP contribution in [0.2, 0.25) is 0 Å². The third-order valence-electron chi connectivity index (χ3n) is 2.95. The Bertz CT molecular complexity index is 189. The lowest BCUT2D eigenvalue weighted by Gasteiger charge is -2.31. The van der Waals surface area contributed by atoms with Crippen LogP contribution in [0.15, 0.2) is 0 Å². The van der Waals surface area contributed by atoms with E-state index in [-0.39, 0.29) is 0 Å². The number of carbonyl (C=O) groups is 1. The Labute approximate surface area is 92.0 Å². The number of likely N-dealkylation sites (tertiary alicyclic amines) is 1. The number of nitrogens with zero attached hydrogens (tertiary/aromatic N) is 1. The van der Waals surface area contributed by atoms with E-state index in [1.807, 2.05) is 11.9 Å². The summed E-state index contributed by atoms with van der Waals surface area (Å²) in [6, 6.07) is 0. The van der Waals surface area contributed by atoms with Crippen molar-refractivity contribution in [1.29, 1.82) is 0 Å². The number of hydrogen-bond acceptors (Lipinski definition) is 3. The van der Waals surface area contributed by atoms with Crippen molar-refractivity contribution in [2.45, 2.75) is 31.8 Å². The number of carbonyl (C=O) groups excluding carboxylic acids is 1. The van der Waals surface area contributed by atoms with Gasteiger partial charge < -0.3 is 15.0 Å². The zero-order chi connectivity index (χ0) is 11.1. The highest BCUT2D eigenvalue weighted by atomic mass is 16.5. The van der Waals surface area contributed by atoms with Gasteiger partial charge in [0.2, 0.25) is 5.91 Å². The van der Waals surface area contributed by atoms with Crippen LogP contribution in [0.5, 0.6) is 0 Å². The van der Waals surface area contributed by atoms with Gasteiger partial charge in [-0.2, -0.15) is 0 Å². The zero-order valence-corrected chi connectivity index (χ0v) is 9.79. The van der Waals surface area contributed by atoms with E-state index in [4.69, 9.17) is 4.74 Å². The summed E-state index contributed by atoms with van der Waals surface area (Å²) in [7, 11) is 3.66. The van der Waals surface area contributed by atoms with Crippen LogP contribution in [-0.4, -0.2) is 50.7 Å². The van der Waals surface area contributed by atoms with Crippen LogP contribution in [0.1, 0.15) is 25.7 Å². The number of methoxy groups -OCH3 is 1. The van der Waals surface area contributed by atoms with Gasteiger partial charge in [0.1, 0.15) is 0 Å². The van der Waals surface area contributed by atoms with Gasteiger partial charge in [0.15, 0.2) is 0 Å². The molecule has 0 radical (unpaired) electrons. The van der Waals surface area contributed by atoms with Crippen molar-refractivity contribution >= 4 is 5.91 Å². The molecule has 1 N–H and O–H groups in total. The fraction of sp³-hybridized carbons (Fsp3) is 0.909. The first-order chi connectivity index (χ1) is 7.27. The highest BCUT2D eigenvalue weighted by molar-refractivity contribution is 5.76. The highest BCUT2D eigenvalue weighted by Crippen LogP contribution is 2.13. The van der Waals surface area contributed by atoms with Gasteiger partial charge in [-0.25, -0.2) is 0 Å². The molecule has 0 aromatic rings. The summed E-state index contributed by atoms with van der Waals surface area (Å²) in [4.78, 5) is 13.7. The number of hydrogen-bond donors (Lipinski definition) is 1. The Balaban J connectivity index is 2.18. The Morgan fingerprint density at radius 2 is 2.13 bits per heavy atom. The van der Waals surface area contributed by atoms with Gasteiger partial charge >= 0.3 is 0 Å². The molecule has 1 heterocycles. The Morgan fingerprint density at radius 1 is 1.47 bits per heavy atom. The number of piperidine rings is 1. The quantitative estimate of drug-likeness (QED) is 0.682. The van der Waals surface area contributed by atoms with Crippen LogP contribution in [0.4, 0.5) is 0 Å². The Hall–Kier alpha value is -0.610. The monoisotopic (exact) mass is 214 g/mol. The molecule has 0 atom stereocenters. The van der Waals surface area contributed by atoms with E-state index in [1.54, 1.807) is 7.11 Å². The first-order valence-corrected chi connectivity index (χ1v) is 5.73. The molecule has 0 saturated carbocycles. The van der Waals surface area contributed by atoms with Crippen molar-refractivity contribution in [3.05, 3.63) is 0 Å². The molecular formula is C11H22N2O2. The number of amides is 1. The van der Waals surface area contributed by atoms with E-state index in [1.165, 1.54) is 0 Å². The predicted molar refractivity (Wildman–Crippen MR) is 59.8 cm³/mol. The van der Waals surface area contributed by atoms with Gasteiger partial charge in [-0.05, 0) is 32.9 Å². The van der Waals surface area contributed by atoms with Crippen LogP contribution in [0, 0.1) is 0 Å². The zero-order valence-electron chi connectivity index (χ0n) is 9.79. The summed E-state index contributed by atoms with van der Waals surface area (Å²) in [5.41, 5.74) is 0.